The summed E-state index contributed by atoms with van der Waals surface area (Å²) in [7, 11) is 1.88. The standard InChI is InChI=1S/C9H13NO2.C6H8O7/c1-10-5-4-7-2-3-8(11)9(12)6-7;7-3(8)1-6(13,5(11)12)2-4(9)10/h2-3,6,10-12H,4-5H2,1H3;13H,1-2H2,(H,7,8)(H,9,10)(H,11,12). The average Bonchev–Trinajstić information content (AvgIpc) is 2.47. The smallest absolute Gasteiger partial charge is 0.336 e. The van der Waals surface area contributed by atoms with Crippen molar-refractivity contribution in [3.63, 3.8) is 0 Å². The van der Waals surface area contributed by atoms with E-state index >= 15 is 0 Å². The van der Waals surface area contributed by atoms with Crippen molar-refractivity contribution in [2.24, 2.45) is 0 Å². The molecule has 0 spiro atoms. The number of phenolic OH excluding ortho intramolecular Hbond substituents is 2. The molecular formula is C15H21NO9. The fourth-order valence-electron chi connectivity index (χ4n) is 1.71. The van der Waals surface area contributed by atoms with Crippen molar-refractivity contribution in [3.8, 4) is 11.5 Å². The van der Waals surface area contributed by atoms with Crippen molar-refractivity contribution in [1.29, 1.82) is 0 Å². The molecule has 1 rings (SSSR count). The van der Waals surface area contributed by atoms with E-state index in [1.807, 2.05) is 7.05 Å². The summed E-state index contributed by atoms with van der Waals surface area (Å²) in [5.74, 6) is -5.14. The third-order valence-corrected chi connectivity index (χ3v) is 2.99. The van der Waals surface area contributed by atoms with Gasteiger partial charge in [0.2, 0.25) is 0 Å². The highest BCUT2D eigenvalue weighted by Crippen LogP contribution is 2.24. The van der Waals surface area contributed by atoms with Crippen LogP contribution >= 0.6 is 0 Å². The Morgan fingerprint density at radius 1 is 1.00 bits per heavy atom. The van der Waals surface area contributed by atoms with E-state index < -0.39 is 36.4 Å². The van der Waals surface area contributed by atoms with Gasteiger partial charge in [-0.15, -0.1) is 0 Å². The lowest BCUT2D eigenvalue weighted by Gasteiger charge is -2.18. The maximum Gasteiger partial charge on any atom is 0.336 e. The summed E-state index contributed by atoms with van der Waals surface area (Å²) >= 11 is 0. The van der Waals surface area contributed by atoms with Crippen LogP contribution in [0.5, 0.6) is 11.5 Å². The third-order valence-electron chi connectivity index (χ3n) is 2.99. The highest BCUT2D eigenvalue weighted by atomic mass is 16.4. The summed E-state index contributed by atoms with van der Waals surface area (Å²) in [4.78, 5) is 30.5. The Labute approximate surface area is 143 Å². The van der Waals surface area contributed by atoms with E-state index in [0.29, 0.717) is 0 Å². The first-order chi connectivity index (χ1) is 11.5. The zero-order chi connectivity index (χ0) is 19.6. The van der Waals surface area contributed by atoms with Gasteiger partial charge in [-0.25, -0.2) is 4.79 Å². The molecule has 10 nitrogen and oxygen atoms in total. The number of nitrogens with one attached hydrogen (secondary N) is 1. The number of aliphatic carboxylic acids is 3. The van der Waals surface area contributed by atoms with Crippen LogP contribution in [-0.2, 0) is 20.8 Å². The van der Waals surface area contributed by atoms with Gasteiger partial charge in [0, 0.05) is 0 Å². The van der Waals surface area contributed by atoms with Crippen LogP contribution in [0.2, 0.25) is 0 Å². The van der Waals surface area contributed by atoms with E-state index in [-0.39, 0.29) is 11.5 Å². The van der Waals surface area contributed by atoms with Crippen molar-refractivity contribution in [2.45, 2.75) is 24.9 Å². The number of rotatable bonds is 8. The van der Waals surface area contributed by atoms with Gasteiger partial charge in [0.1, 0.15) is 0 Å². The molecule has 1 aromatic rings. The first-order valence-electron chi connectivity index (χ1n) is 7.06. The van der Waals surface area contributed by atoms with E-state index in [2.05, 4.69) is 5.32 Å². The molecule has 0 aliphatic rings. The molecule has 0 amide bonds. The molecule has 0 aliphatic heterocycles. The Bertz CT molecular complexity index is 599. The molecule has 0 saturated carbocycles. The number of aliphatic hydroxyl groups is 1. The van der Waals surface area contributed by atoms with Crippen molar-refractivity contribution >= 4 is 17.9 Å². The summed E-state index contributed by atoms with van der Waals surface area (Å²) in [6.45, 7) is 0.865. The topological polar surface area (TPSA) is 185 Å². The molecule has 0 aliphatic carbocycles. The second kappa shape index (κ2) is 10.1. The Kier molecular flexibility index (Phi) is 8.95. The lowest BCUT2D eigenvalue weighted by molar-refractivity contribution is -0.170. The zero-order valence-corrected chi connectivity index (χ0v) is 13.5. The summed E-state index contributed by atoms with van der Waals surface area (Å²) in [6.07, 6.45) is -1.44. The molecule has 10 heteroatoms. The van der Waals surface area contributed by atoms with Crippen molar-refractivity contribution < 1.29 is 45.0 Å². The van der Waals surface area contributed by atoms with Gasteiger partial charge in [0.25, 0.3) is 0 Å². The van der Waals surface area contributed by atoms with Crippen LogP contribution < -0.4 is 5.32 Å². The predicted octanol–water partition coefficient (Wildman–Crippen LogP) is -0.389. The molecular weight excluding hydrogens is 338 g/mol. The van der Waals surface area contributed by atoms with E-state index in [1.54, 1.807) is 12.1 Å². The van der Waals surface area contributed by atoms with Crippen LogP contribution in [0.25, 0.3) is 0 Å². The normalized spacial score (nSPS) is 10.5. The van der Waals surface area contributed by atoms with Crippen LogP contribution in [0.1, 0.15) is 18.4 Å². The molecule has 0 radical (unpaired) electrons. The highest BCUT2D eigenvalue weighted by molar-refractivity contribution is 5.88. The number of phenols is 2. The van der Waals surface area contributed by atoms with Crippen molar-refractivity contribution in [2.75, 3.05) is 13.6 Å². The number of carboxylic acid groups (broad SMARTS) is 3. The fourth-order valence-corrected chi connectivity index (χ4v) is 1.71. The number of aromatic hydroxyl groups is 2. The van der Waals surface area contributed by atoms with Crippen LogP contribution in [-0.4, -0.2) is 67.7 Å². The predicted molar refractivity (Wildman–Crippen MR) is 84.5 cm³/mol. The average molecular weight is 359 g/mol. The minimum absolute atomic E-state index is 0.0522. The van der Waals surface area contributed by atoms with Gasteiger partial charge in [0.05, 0.1) is 12.8 Å². The lowest BCUT2D eigenvalue weighted by Crippen LogP contribution is -2.42. The molecule has 0 fully saturated rings. The molecule has 25 heavy (non-hydrogen) atoms. The number of hydrogen-bond donors (Lipinski definition) is 7. The lowest BCUT2D eigenvalue weighted by atomic mass is 9.96. The number of carbonyl (C=O) groups is 3. The molecule has 0 aromatic heterocycles. The highest BCUT2D eigenvalue weighted by Gasteiger charge is 2.40. The summed E-state index contributed by atoms with van der Waals surface area (Å²) in [6, 6.07) is 4.87. The van der Waals surface area contributed by atoms with Crippen molar-refractivity contribution in [1.82, 2.24) is 5.32 Å². The molecule has 0 bridgehead atoms. The first kappa shape index (κ1) is 22.1. The quantitative estimate of drug-likeness (QED) is 0.301. The number of carboxylic acids is 3. The second-order valence-corrected chi connectivity index (χ2v) is 5.15. The monoisotopic (exact) mass is 359 g/mol. The van der Waals surface area contributed by atoms with Gasteiger partial charge < -0.3 is 36.0 Å². The SMILES string of the molecule is CNCCc1ccc(O)c(O)c1.O=C(O)CC(O)(CC(=O)O)C(=O)O. The minimum atomic E-state index is -2.74. The zero-order valence-electron chi connectivity index (χ0n) is 13.5. The van der Waals surface area contributed by atoms with E-state index in [4.69, 9.17) is 30.6 Å². The largest absolute Gasteiger partial charge is 0.504 e. The van der Waals surface area contributed by atoms with Gasteiger partial charge in [0.15, 0.2) is 17.1 Å². The summed E-state index contributed by atoms with van der Waals surface area (Å²) < 4.78 is 0. The van der Waals surface area contributed by atoms with E-state index in [0.717, 1.165) is 18.5 Å². The minimum Gasteiger partial charge on any atom is -0.504 e. The molecule has 7 N–H and O–H groups in total. The molecule has 0 unspecified atom stereocenters. The van der Waals surface area contributed by atoms with Gasteiger partial charge in [-0.05, 0) is 37.7 Å². The Hall–Kier alpha value is -2.85. The molecule has 0 heterocycles. The summed E-state index contributed by atoms with van der Waals surface area (Å²) in [5, 5.41) is 54.9. The number of likely N-dealkylation sites (N-methyl/N-ethyl adjacent to an activating group) is 1. The van der Waals surface area contributed by atoms with Crippen LogP contribution in [0.4, 0.5) is 0 Å². The molecule has 0 saturated heterocycles. The van der Waals surface area contributed by atoms with Gasteiger partial charge in [-0.2, -0.15) is 0 Å². The maximum atomic E-state index is 10.3. The van der Waals surface area contributed by atoms with Crippen LogP contribution in [0.15, 0.2) is 18.2 Å². The summed E-state index contributed by atoms with van der Waals surface area (Å²) in [5.41, 5.74) is -1.72. The van der Waals surface area contributed by atoms with Crippen LogP contribution in [0, 0.1) is 0 Å². The Morgan fingerprint density at radius 2 is 1.52 bits per heavy atom. The van der Waals surface area contributed by atoms with Crippen molar-refractivity contribution in [3.05, 3.63) is 23.8 Å². The van der Waals surface area contributed by atoms with Crippen LogP contribution in [0.3, 0.4) is 0 Å². The molecule has 0 atom stereocenters. The van der Waals surface area contributed by atoms with E-state index in [1.165, 1.54) is 6.07 Å². The Morgan fingerprint density at radius 3 is 1.88 bits per heavy atom. The fraction of sp³-hybridized carbons (Fsp3) is 0.400. The first-order valence-corrected chi connectivity index (χ1v) is 7.06. The number of hydrogen-bond acceptors (Lipinski definition) is 7. The second-order valence-electron chi connectivity index (χ2n) is 5.15. The number of benzene rings is 1. The maximum absolute atomic E-state index is 10.3. The Balaban J connectivity index is 0.000000462. The van der Waals surface area contributed by atoms with Gasteiger partial charge >= 0.3 is 17.9 Å². The molecule has 140 valence electrons. The third kappa shape index (κ3) is 8.53. The van der Waals surface area contributed by atoms with E-state index in [9.17, 15) is 14.4 Å². The van der Waals surface area contributed by atoms with Gasteiger partial charge in [-0.1, -0.05) is 6.07 Å². The molecule has 1 aromatic carbocycles. The van der Waals surface area contributed by atoms with Gasteiger partial charge in [-0.3, -0.25) is 9.59 Å².